The van der Waals surface area contributed by atoms with Gasteiger partial charge in [0.1, 0.15) is 0 Å². The van der Waals surface area contributed by atoms with E-state index in [9.17, 15) is 0 Å². The van der Waals surface area contributed by atoms with Crippen LogP contribution < -0.4 is 14.8 Å². The van der Waals surface area contributed by atoms with Crippen LogP contribution in [0.3, 0.4) is 0 Å². The summed E-state index contributed by atoms with van der Waals surface area (Å²) in [4.78, 5) is 2.59. The first-order chi connectivity index (χ1) is 10.2. The summed E-state index contributed by atoms with van der Waals surface area (Å²) >= 11 is 0. The van der Waals surface area contributed by atoms with Gasteiger partial charge < -0.3 is 14.8 Å². The van der Waals surface area contributed by atoms with Gasteiger partial charge in [0.15, 0.2) is 11.5 Å². The third-order valence-corrected chi connectivity index (χ3v) is 5.05. The van der Waals surface area contributed by atoms with Crippen LogP contribution in [0.25, 0.3) is 0 Å². The second-order valence-corrected chi connectivity index (χ2v) is 6.87. The fraction of sp³-hybridized carbons (Fsp3) is 0.647. The molecule has 0 amide bonds. The quantitative estimate of drug-likeness (QED) is 0.926. The average Bonchev–Trinajstić information content (AvgIpc) is 3.25. The van der Waals surface area contributed by atoms with E-state index in [2.05, 4.69) is 29.3 Å². The Morgan fingerprint density at radius 1 is 1.29 bits per heavy atom. The predicted octanol–water partition coefficient (Wildman–Crippen LogP) is 2.38. The van der Waals surface area contributed by atoms with Crippen molar-refractivity contribution in [2.24, 2.45) is 5.92 Å². The Hall–Kier alpha value is -1.26. The van der Waals surface area contributed by atoms with Gasteiger partial charge in [-0.15, -0.1) is 0 Å². The Bertz CT molecular complexity index is 530. The molecule has 2 aliphatic heterocycles. The molecule has 4 nitrogen and oxygen atoms in total. The molecule has 1 saturated heterocycles. The molecule has 4 heteroatoms. The van der Waals surface area contributed by atoms with Gasteiger partial charge in [0, 0.05) is 18.6 Å². The first-order valence-corrected chi connectivity index (χ1v) is 8.09. The topological polar surface area (TPSA) is 33.7 Å². The van der Waals surface area contributed by atoms with Crippen LogP contribution in [0.2, 0.25) is 0 Å². The van der Waals surface area contributed by atoms with Crippen LogP contribution in [0.5, 0.6) is 11.5 Å². The molecule has 1 saturated carbocycles. The van der Waals surface area contributed by atoms with Crippen LogP contribution in [-0.4, -0.2) is 36.9 Å². The number of hydrogen-bond donors (Lipinski definition) is 1. The van der Waals surface area contributed by atoms with Crippen molar-refractivity contribution >= 4 is 0 Å². The maximum atomic E-state index is 5.49. The number of fused-ring (bicyclic) bond motifs is 1. The summed E-state index contributed by atoms with van der Waals surface area (Å²) in [5, 5.41) is 3.79. The van der Waals surface area contributed by atoms with Crippen LogP contribution in [0.15, 0.2) is 18.2 Å². The molecule has 2 heterocycles. The first kappa shape index (κ1) is 13.4. The lowest BCUT2D eigenvalue weighted by Gasteiger charge is -2.34. The van der Waals surface area contributed by atoms with Crippen molar-refractivity contribution in [3.8, 4) is 11.5 Å². The lowest BCUT2D eigenvalue weighted by atomic mass is 9.95. The number of rotatable bonds is 3. The van der Waals surface area contributed by atoms with Gasteiger partial charge in [-0.1, -0.05) is 6.07 Å². The lowest BCUT2D eigenvalue weighted by molar-refractivity contribution is 0.173. The molecule has 0 radical (unpaired) electrons. The standard InChI is InChI=1S/C17H24N2O2/c1-17(14-4-5-14)11-19(8-2-7-18-17)10-13-3-6-15-16(9-13)21-12-20-15/h3,6,9,14,18H,2,4-5,7-8,10-12H2,1H3. The summed E-state index contributed by atoms with van der Waals surface area (Å²) < 4.78 is 10.9. The highest BCUT2D eigenvalue weighted by Crippen LogP contribution is 2.41. The molecule has 1 N–H and O–H groups in total. The smallest absolute Gasteiger partial charge is 0.231 e. The van der Waals surface area contributed by atoms with Crippen molar-refractivity contribution in [3.63, 3.8) is 0 Å². The maximum absolute atomic E-state index is 5.49. The number of hydrogen-bond acceptors (Lipinski definition) is 4. The molecule has 1 unspecified atom stereocenters. The van der Waals surface area contributed by atoms with Gasteiger partial charge in [-0.05, 0) is 62.9 Å². The zero-order chi connectivity index (χ0) is 14.3. The van der Waals surface area contributed by atoms with Crippen molar-refractivity contribution in [3.05, 3.63) is 23.8 Å². The van der Waals surface area contributed by atoms with Crippen LogP contribution in [0, 0.1) is 5.92 Å². The Balaban J connectivity index is 1.47. The number of ether oxygens (including phenoxy) is 2. The Morgan fingerprint density at radius 3 is 3.00 bits per heavy atom. The van der Waals surface area contributed by atoms with Gasteiger partial charge >= 0.3 is 0 Å². The molecule has 4 rings (SSSR count). The zero-order valence-electron chi connectivity index (χ0n) is 12.7. The highest BCUT2D eigenvalue weighted by atomic mass is 16.7. The number of nitrogens with one attached hydrogen (secondary N) is 1. The van der Waals surface area contributed by atoms with Gasteiger partial charge in [-0.25, -0.2) is 0 Å². The molecule has 0 bridgehead atoms. The summed E-state index contributed by atoms with van der Waals surface area (Å²) in [5.41, 5.74) is 1.62. The largest absolute Gasteiger partial charge is 0.454 e. The van der Waals surface area contributed by atoms with Gasteiger partial charge in [0.2, 0.25) is 6.79 Å². The molecule has 1 atom stereocenters. The van der Waals surface area contributed by atoms with E-state index in [1.165, 1.54) is 31.4 Å². The van der Waals surface area contributed by atoms with E-state index in [-0.39, 0.29) is 0 Å². The van der Waals surface area contributed by atoms with E-state index in [0.29, 0.717) is 12.3 Å². The normalized spacial score (nSPS) is 29.4. The van der Waals surface area contributed by atoms with Crippen molar-refractivity contribution in [1.82, 2.24) is 10.2 Å². The van der Waals surface area contributed by atoms with Crippen LogP contribution >= 0.6 is 0 Å². The van der Waals surface area contributed by atoms with Crippen LogP contribution in [0.4, 0.5) is 0 Å². The lowest BCUT2D eigenvalue weighted by Crippen LogP contribution is -2.50. The van der Waals surface area contributed by atoms with Crippen LogP contribution in [0.1, 0.15) is 31.7 Å². The van der Waals surface area contributed by atoms with Crippen molar-refractivity contribution in [2.45, 2.75) is 38.3 Å². The Kier molecular flexibility index (Phi) is 3.31. The van der Waals surface area contributed by atoms with Crippen molar-refractivity contribution < 1.29 is 9.47 Å². The second-order valence-electron chi connectivity index (χ2n) is 6.87. The van der Waals surface area contributed by atoms with E-state index in [1.807, 2.05) is 6.07 Å². The Morgan fingerprint density at radius 2 is 2.14 bits per heavy atom. The SMILES string of the molecule is CC1(C2CC2)CN(Cc2ccc3c(c2)OCO3)CCCN1. The molecule has 114 valence electrons. The van der Waals surface area contributed by atoms with E-state index in [1.54, 1.807) is 0 Å². The predicted molar refractivity (Wildman–Crippen MR) is 81.6 cm³/mol. The van der Waals surface area contributed by atoms with Crippen LogP contribution in [-0.2, 0) is 6.54 Å². The first-order valence-electron chi connectivity index (χ1n) is 8.09. The van der Waals surface area contributed by atoms with E-state index < -0.39 is 0 Å². The minimum absolute atomic E-state index is 0.298. The molecule has 21 heavy (non-hydrogen) atoms. The van der Waals surface area contributed by atoms with Crippen molar-refractivity contribution in [2.75, 3.05) is 26.4 Å². The molecular weight excluding hydrogens is 264 g/mol. The highest BCUT2D eigenvalue weighted by Gasteiger charge is 2.42. The van der Waals surface area contributed by atoms with Gasteiger partial charge in [-0.3, -0.25) is 4.90 Å². The molecule has 1 aromatic rings. The Labute approximate surface area is 126 Å². The maximum Gasteiger partial charge on any atom is 0.231 e. The summed E-state index contributed by atoms with van der Waals surface area (Å²) in [7, 11) is 0. The molecule has 3 aliphatic rings. The number of nitrogens with zero attached hydrogens (tertiary/aromatic N) is 1. The summed E-state index contributed by atoms with van der Waals surface area (Å²) in [6, 6.07) is 6.34. The minimum Gasteiger partial charge on any atom is -0.454 e. The molecule has 2 fully saturated rings. The van der Waals surface area contributed by atoms with E-state index in [0.717, 1.165) is 37.1 Å². The molecule has 0 spiro atoms. The van der Waals surface area contributed by atoms with Crippen molar-refractivity contribution in [1.29, 1.82) is 0 Å². The molecular formula is C17H24N2O2. The van der Waals surface area contributed by atoms with E-state index >= 15 is 0 Å². The number of benzene rings is 1. The monoisotopic (exact) mass is 288 g/mol. The fourth-order valence-electron chi connectivity index (χ4n) is 3.70. The molecule has 1 aliphatic carbocycles. The third kappa shape index (κ3) is 2.74. The van der Waals surface area contributed by atoms with Gasteiger partial charge in [0.05, 0.1) is 0 Å². The third-order valence-electron chi connectivity index (χ3n) is 5.05. The van der Waals surface area contributed by atoms with E-state index in [4.69, 9.17) is 9.47 Å². The summed E-state index contributed by atoms with van der Waals surface area (Å²) in [5.74, 6) is 2.64. The molecule has 1 aromatic carbocycles. The average molecular weight is 288 g/mol. The zero-order valence-corrected chi connectivity index (χ0v) is 12.7. The van der Waals surface area contributed by atoms with Gasteiger partial charge in [0.25, 0.3) is 0 Å². The fourth-order valence-corrected chi connectivity index (χ4v) is 3.70. The second kappa shape index (κ2) is 5.18. The minimum atomic E-state index is 0.298. The summed E-state index contributed by atoms with van der Waals surface area (Å²) in [6.45, 7) is 7.22. The van der Waals surface area contributed by atoms with Gasteiger partial charge in [-0.2, -0.15) is 0 Å². The summed E-state index contributed by atoms with van der Waals surface area (Å²) in [6.07, 6.45) is 4.01. The highest BCUT2D eigenvalue weighted by molar-refractivity contribution is 5.44. The molecule has 0 aromatic heterocycles.